The van der Waals surface area contributed by atoms with Gasteiger partial charge in [-0.15, -0.1) is 0 Å². The van der Waals surface area contributed by atoms with E-state index in [1.165, 1.54) is 0 Å². The highest BCUT2D eigenvalue weighted by Crippen LogP contribution is 2.29. The van der Waals surface area contributed by atoms with Crippen molar-refractivity contribution in [1.29, 1.82) is 0 Å². The number of rotatable bonds is 3. The Morgan fingerprint density at radius 1 is 1.04 bits per heavy atom. The number of nitrogens with zero attached hydrogens (tertiary/aromatic N) is 1. The van der Waals surface area contributed by atoms with E-state index in [2.05, 4.69) is 5.32 Å². The van der Waals surface area contributed by atoms with Crippen molar-refractivity contribution in [3.8, 4) is 0 Å². The summed E-state index contributed by atoms with van der Waals surface area (Å²) in [7, 11) is 0. The van der Waals surface area contributed by atoms with Crippen LogP contribution in [-0.4, -0.2) is 23.9 Å². The third-order valence-electron chi connectivity index (χ3n) is 3.89. The number of hydrogen-bond donors (Lipinski definition) is 2. The first-order valence-corrected chi connectivity index (χ1v) is 8.21. The van der Waals surface area contributed by atoms with E-state index in [1.54, 1.807) is 30.3 Å². The highest BCUT2D eigenvalue weighted by molar-refractivity contribution is 6.42. The van der Waals surface area contributed by atoms with Crippen LogP contribution in [0.25, 0.3) is 0 Å². The minimum Gasteiger partial charge on any atom is -0.397 e. The quantitative estimate of drug-likeness (QED) is 0.798. The highest BCUT2D eigenvalue weighted by atomic mass is 35.5. The molecule has 1 aliphatic heterocycles. The molecule has 23 heavy (non-hydrogen) atoms. The maximum absolute atomic E-state index is 12.4. The van der Waals surface area contributed by atoms with Gasteiger partial charge in [0.25, 0.3) is 5.91 Å². The summed E-state index contributed by atoms with van der Waals surface area (Å²) in [6.45, 7) is 1.64. The Bertz CT molecular complexity index is 743. The lowest BCUT2D eigenvalue weighted by Gasteiger charge is -2.16. The van der Waals surface area contributed by atoms with Crippen LogP contribution in [0.3, 0.4) is 0 Å². The Kier molecular flexibility index (Phi) is 4.64. The number of carbonyl (C=O) groups is 1. The summed E-state index contributed by atoms with van der Waals surface area (Å²) in [5.41, 5.74) is 8.72. The SMILES string of the molecule is Nc1cc(C(=O)N2CCCC2)ccc1Nc1ccc(Cl)c(Cl)c1. The van der Waals surface area contributed by atoms with E-state index < -0.39 is 0 Å². The molecule has 4 nitrogen and oxygen atoms in total. The largest absolute Gasteiger partial charge is 0.397 e. The van der Waals surface area contributed by atoms with E-state index in [-0.39, 0.29) is 5.91 Å². The van der Waals surface area contributed by atoms with E-state index in [4.69, 9.17) is 28.9 Å². The molecule has 0 bridgehead atoms. The van der Waals surface area contributed by atoms with Crippen LogP contribution >= 0.6 is 23.2 Å². The van der Waals surface area contributed by atoms with Crippen molar-refractivity contribution in [2.24, 2.45) is 0 Å². The highest BCUT2D eigenvalue weighted by Gasteiger charge is 2.19. The second kappa shape index (κ2) is 6.69. The molecule has 3 rings (SSSR count). The Morgan fingerprint density at radius 2 is 1.78 bits per heavy atom. The third-order valence-corrected chi connectivity index (χ3v) is 4.63. The zero-order chi connectivity index (χ0) is 16.4. The topological polar surface area (TPSA) is 58.4 Å². The summed E-state index contributed by atoms with van der Waals surface area (Å²) in [5, 5.41) is 4.15. The second-order valence-electron chi connectivity index (χ2n) is 5.56. The van der Waals surface area contributed by atoms with Gasteiger partial charge >= 0.3 is 0 Å². The summed E-state index contributed by atoms with van der Waals surface area (Å²) >= 11 is 11.9. The van der Waals surface area contributed by atoms with Crippen molar-refractivity contribution in [1.82, 2.24) is 4.90 Å². The molecule has 1 fully saturated rings. The lowest BCUT2D eigenvalue weighted by molar-refractivity contribution is 0.0793. The molecule has 0 radical (unpaired) electrons. The van der Waals surface area contributed by atoms with E-state index in [0.717, 1.165) is 37.3 Å². The summed E-state index contributed by atoms with van der Waals surface area (Å²) in [5.74, 6) is 0.0373. The first-order chi connectivity index (χ1) is 11.0. The van der Waals surface area contributed by atoms with Gasteiger partial charge in [0.05, 0.1) is 21.4 Å². The number of nitrogen functional groups attached to an aromatic ring is 1. The number of hydrogen-bond acceptors (Lipinski definition) is 3. The molecule has 0 unspecified atom stereocenters. The minimum atomic E-state index is 0.0373. The van der Waals surface area contributed by atoms with Gasteiger partial charge in [0, 0.05) is 24.3 Å². The van der Waals surface area contributed by atoms with E-state index in [9.17, 15) is 4.79 Å². The van der Waals surface area contributed by atoms with Gasteiger partial charge in [-0.25, -0.2) is 0 Å². The molecule has 2 aromatic rings. The normalized spacial score (nSPS) is 14.1. The number of anilines is 3. The van der Waals surface area contributed by atoms with Crippen LogP contribution in [0.2, 0.25) is 10.0 Å². The molecule has 120 valence electrons. The predicted octanol–water partition coefficient (Wildman–Crippen LogP) is 4.56. The Morgan fingerprint density at radius 3 is 2.43 bits per heavy atom. The fourth-order valence-corrected chi connectivity index (χ4v) is 2.94. The fraction of sp³-hybridized carbons (Fsp3) is 0.235. The van der Waals surface area contributed by atoms with E-state index >= 15 is 0 Å². The van der Waals surface area contributed by atoms with Gasteiger partial charge < -0.3 is 16.0 Å². The number of likely N-dealkylation sites (tertiary alicyclic amines) is 1. The molecule has 1 aliphatic rings. The summed E-state index contributed by atoms with van der Waals surface area (Å²) in [6, 6.07) is 10.6. The monoisotopic (exact) mass is 349 g/mol. The van der Waals surface area contributed by atoms with Gasteiger partial charge in [-0.3, -0.25) is 4.79 Å². The van der Waals surface area contributed by atoms with E-state index in [1.807, 2.05) is 11.0 Å². The molecule has 1 amide bonds. The molecule has 3 N–H and O–H groups in total. The Balaban J connectivity index is 1.78. The van der Waals surface area contributed by atoms with Gasteiger partial charge in [-0.05, 0) is 49.2 Å². The molecule has 6 heteroatoms. The molecule has 0 saturated carbocycles. The summed E-state index contributed by atoms with van der Waals surface area (Å²) in [4.78, 5) is 14.2. The van der Waals surface area contributed by atoms with E-state index in [0.29, 0.717) is 21.3 Å². The molecule has 2 aromatic carbocycles. The Labute approximate surface area is 145 Å². The van der Waals surface area contributed by atoms with Gasteiger partial charge in [0.1, 0.15) is 0 Å². The van der Waals surface area contributed by atoms with Crippen LogP contribution in [0.4, 0.5) is 17.1 Å². The Hall–Kier alpha value is -1.91. The van der Waals surface area contributed by atoms with Crippen LogP contribution in [0.15, 0.2) is 36.4 Å². The van der Waals surface area contributed by atoms with Crippen molar-refractivity contribution in [3.63, 3.8) is 0 Å². The molecule has 1 heterocycles. The van der Waals surface area contributed by atoms with Crippen molar-refractivity contribution in [2.45, 2.75) is 12.8 Å². The average Bonchev–Trinajstić information content (AvgIpc) is 3.06. The molecular formula is C17H17Cl2N3O. The maximum Gasteiger partial charge on any atom is 0.253 e. The van der Waals surface area contributed by atoms with Crippen molar-refractivity contribution < 1.29 is 4.79 Å². The molecule has 0 aliphatic carbocycles. The zero-order valence-electron chi connectivity index (χ0n) is 12.5. The van der Waals surface area contributed by atoms with Gasteiger partial charge in [-0.1, -0.05) is 23.2 Å². The molecule has 1 saturated heterocycles. The number of benzene rings is 2. The third kappa shape index (κ3) is 3.54. The smallest absolute Gasteiger partial charge is 0.253 e. The lowest BCUT2D eigenvalue weighted by Crippen LogP contribution is -2.27. The summed E-state index contributed by atoms with van der Waals surface area (Å²) in [6.07, 6.45) is 2.14. The van der Waals surface area contributed by atoms with Crippen molar-refractivity contribution >= 4 is 46.2 Å². The first kappa shape index (κ1) is 16.0. The van der Waals surface area contributed by atoms with Crippen LogP contribution in [-0.2, 0) is 0 Å². The lowest BCUT2D eigenvalue weighted by atomic mass is 10.1. The summed E-state index contributed by atoms with van der Waals surface area (Å²) < 4.78 is 0. The van der Waals surface area contributed by atoms with Crippen LogP contribution in [0.5, 0.6) is 0 Å². The number of halogens is 2. The van der Waals surface area contributed by atoms with Crippen molar-refractivity contribution in [2.75, 3.05) is 24.1 Å². The molecule has 0 spiro atoms. The van der Waals surface area contributed by atoms with Crippen LogP contribution in [0.1, 0.15) is 23.2 Å². The number of carbonyl (C=O) groups excluding carboxylic acids is 1. The van der Waals surface area contributed by atoms with Crippen LogP contribution in [0, 0.1) is 0 Å². The standard InChI is InChI=1S/C17H17Cl2N3O/c18-13-5-4-12(10-14(13)19)21-16-6-3-11(9-15(16)20)17(23)22-7-1-2-8-22/h3-6,9-10,21H,1-2,7-8,20H2. The molecule has 0 aromatic heterocycles. The van der Waals surface area contributed by atoms with Crippen LogP contribution < -0.4 is 11.1 Å². The minimum absolute atomic E-state index is 0.0373. The van der Waals surface area contributed by atoms with Crippen molar-refractivity contribution in [3.05, 3.63) is 52.0 Å². The second-order valence-corrected chi connectivity index (χ2v) is 6.37. The number of nitrogens with two attached hydrogens (primary N) is 1. The fourth-order valence-electron chi connectivity index (χ4n) is 2.64. The predicted molar refractivity (Wildman–Crippen MR) is 95.7 cm³/mol. The number of amides is 1. The first-order valence-electron chi connectivity index (χ1n) is 7.45. The molecule has 0 atom stereocenters. The average molecular weight is 350 g/mol. The van der Waals surface area contributed by atoms with Gasteiger partial charge in [-0.2, -0.15) is 0 Å². The molecular weight excluding hydrogens is 333 g/mol. The van der Waals surface area contributed by atoms with Gasteiger partial charge in [0.15, 0.2) is 0 Å². The maximum atomic E-state index is 12.4. The van der Waals surface area contributed by atoms with Gasteiger partial charge in [0.2, 0.25) is 0 Å². The number of nitrogens with one attached hydrogen (secondary N) is 1. The zero-order valence-corrected chi connectivity index (χ0v) is 14.0.